The summed E-state index contributed by atoms with van der Waals surface area (Å²) in [4.78, 5) is 21.6. The summed E-state index contributed by atoms with van der Waals surface area (Å²) in [6.07, 6.45) is 7.95. The molecule has 15 heavy (non-hydrogen) atoms. The molecule has 0 aromatic carbocycles. The number of carbonyl (C=O) groups is 1. The first kappa shape index (κ1) is 12.7. The van der Waals surface area contributed by atoms with Crippen LogP contribution in [-0.4, -0.2) is 18.5 Å². The van der Waals surface area contributed by atoms with Crippen LogP contribution in [0.3, 0.4) is 0 Å². The van der Waals surface area contributed by atoms with Gasteiger partial charge in [-0.15, -0.1) is 0 Å². The first-order valence-electron chi connectivity index (χ1n) is 6.15. The number of Topliss-reactive ketones (excluding diaryl/α,β-unsaturated/α-hetero) is 1. The Hall–Kier alpha value is -0.410. The molecule has 1 rings (SSSR count). The molecule has 1 unspecified atom stereocenters. The van der Waals surface area contributed by atoms with Crippen LogP contribution in [0, 0.1) is 0 Å². The van der Waals surface area contributed by atoms with Crippen LogP contribution in [0.2, 0.25) is 0 Å². The second-order valence-corrected chi connectivity index (χ2v) is 4.18. The minimum Gasteiger partial charge on any atom is -0.297 e. The van der Waals surface area contributed by atoms with Gasteiger partial charge in [0.25, 0.3) is 0 Å². The highest BCUT2D eigenvalue weighted by Crippen LogP contribution is 2.17. The summed E-state index contributed by atoms with van der Waals surface area (Å²) in [5.41, 5.74) is 0. The van der Waals surface area contributed by atoms with E-state index in [2.05, 4.69) is 6.92 Å². The quantitative estimate of drug-likeness (QED) is 0.371. The van der Waals surface area contributed by atoms with Gasteiger partial charge in [0.05, 0.1) is 6.61 Å². The van der Waals surface area contributed by atoms with Crippen molar-refractivity contribution in [1.29, 1.82) is 0 Å². The molecule has 0 amide bonds. The predicted molar refractivity (Wildman–Crippen MR) is 58.4 cm³/mol. The highest BCUT2D eigenvalue weighted by Gasteiger charge is 2.23. The topological polar surface area (TPSA) is 35.5 Å². The average Bonchev–Trinajstić information content (AvgIpc) is 2.25. The Labute approximate surface area is 92.1 Å². The third-order valence-corrected chi connectivity index (χ3v) is 2.76. The molecule has 0 saturated heterocycles. The van der Waals surface area contributed by atoms with Gasteiger partial charge in [-0.3, -0.25) is 4.79 Å². The normalized spacial score (nSPS) is 21.9. The number of hydrogen-bond acceptors (Lipinski definition) is 3. The lowest BCUT2D eigenvalue weighted by Crippen LogP contribution is -2.27. The molecule has 0 radical (unpaired) electrons. The maximum Gasteiger partial charge on any atom is 0.164 e. The molecular formula is C12H22O3. The van der Waals surface area contributed by atoms with Crippen molar-refractivity contribution in [3.63, 3.8) is 0 Å². The summed E-state index contributed by atoms with van der Waals surface area (Å²) in [5, 5.41) is 0. The van der Waals surface area contributed by atoms with E-state index in [4.69, 9.17) is 9.78 Å². The number of hydrogen-bond donors (Lipinski definition) is 0. The van der Waals surface area contributed by atoms with Crippen LogP contribution in [0.15, 0.2) is 0 Å². The van der Waals surface area contributed by atoms with Gasteiger partial charge in [0.15, 0.2) is 11.9 Å². The summed E-state index contributed by atoms with van der Waals surface area (Å²) in [5.74, 6) is 0.204. The maximum atomic E-state index is 11.4. The Balaban J connectivity index is 1.96. The van der Waals surface area contributed by atoms with Crippen LogP contribution in [0.4, 0.5) is 0 Å². The van der Waals surface area contributed by atoms with E-state index in [0.717, 1.165) is 25.7 Å². The zero-order valence-corrected chi connectivity index (χ0v) is 9.67. The first-order valence-corrected chi connectivity index (χ1v) is 6.15. The smallest absolute Gasteiger partial charge is 0.164 e. The molecule has 3 heteroatoms. The van der Waals surface area contributed by atoms with Crippen molar-refractivity contribution in [2.75, 3.05) is 6.61 Å². The molecule has 0 heterocycles. The number of carbonyl (C=O) groups excluding carboxylic acids is 1. The van der Waals surface area contributed by atoms with E-state index in [9.17, 15) is 4.79 Å². The number of rotatable bonds is 7. The minimum absolute atomic E-state index is 0.204. The van der Waals surface area contributed by atoms with Gasteiger partial charge in [-0.1, -0.05) is 26.2 Å². The molecule has 0 N–H and O–H groups in total. The first-order chi connectivity index (χ1) is 7.34. The zero-order valence-electron chi connectivity index (χ0n) is 9.67. The molecule has 0 bridgehead atoms. The van der Waals surface area contributed by atoms with E-state index in [0.29, 0.717) is 13.0 Å². The summed E-state index contributed by atoms with van der Waals surface area (Å²) < 4.78 is 0. The minimum atomic E-state index is -0.287. The van der Waals surface area contributed by atoms with Gasteiger partial charge in [-0.25, -0.2) is 9.78 Å². The number of ketones is 1. The molecule has 0 aromatic heterocycles. The van der Waals surface area contributed by atoms with E-state index < -0.39 is 0 Å². The van der Waals surface area contributed by atoms with Gasteiger partial charge in [0.2, 0.25) is 0 Å². The van der Waals surface area contributed by atoms with E-state index in [1.54, 1.807) is 0 Å². The highest BCUT2D eigenvalue weighted by molar-refractivity contribution is 5.83. The zero-order chi connectivity index (χ0) is 10.9. The molecular weight excluding hydrogens is 192 g/mol. The van der Waals surface area contributed by atoms with E-state index in [1.807, 2.05) is 0 Å². The van der Waals surface area contributed by atoms with Crippen molar-refractivity contribution in [3.05, 3.63) is 0 Å². The number of unbranched alkanes of at least 4 members (excludes halogenated alkanes) is 3. The van der Waals surface area contributed by atoms with Gasteiger partial charge in [0.1, 0.15) is 0 Å². The molecule has 0 spiro atoms. The van der Waals surface area contributed by atoms with Crippen LogP contribution >= 0.6 is 0 Å². The van der Waals surface area contributed by atoms with Crippen LogP contribution < -0.4 is 0 Å². The van der Waals surface area contributed by atoms with Crippen molar-refractivity contribution >= 4 is 5.78 Å². The van der Waals surface area contributed by atoms with Crippen molar-refractivity contribution < 1.29 is 14.6 Å². The SMILES string of the molecule is CCCCCCOOC1CCCCC1=O. The van der Waals surface area contributed by atoms with Crippen molar-refractivity contribution in [2.24, 2.45) is 0 Å². The third kappa shape index (κ3) is 5.28. The van der Waals surface area contributed by atoms with E-state index >= 15 is 0 Å². The lowest BCUT2D eigenvalue weighted by atomic mass is 9.97. The molecule has 0 aliphatic heterocycles. The van der Waals surface area contributed by atoms with Gasteiger partial charge < -0.3 is 0 Å². The fourth-order valence-electron chi connectivity index (χ4n) is 1.77. The second-order valence-electron chi connectivity index (χ2n) is 4.18. The summed E-state index contributed by atoms with van der Waals surface area (Å²) in [6, 6.07) is 0. The third-order valence-electron chi connectivity index (χ3n) is 2.76. The Morgan fingerprint density at radius 3 is 2.87 bits per heavy atom. The fraction of sp³-hybridized carbons (Fsp3) is 0.917. The van der Waals surface area contributed by atoms with Crippen molar-refractivity contribution in [1.82, 2.24) is 0 Å². The molecule has 0 aromatic rings. The molecule has 88 valence electrons. The summed E-state index contributed by atoms with van der Waals surface area (Å²) in [6.45, 7) is 2.79. The van der Waals surface area contributed by atoms with Crippen LogP contribution in [0.1, 0.15) is 58.3 Å². The fourth-order valence-corrected chi connectivity index (χ4v) is 1.77. The van der Waals surface area contributed by atoms with Gasteiger partial charge in [-0.05, 0) is 25.7 Å². The van der Waals surface area contributed by atoms with Crippen LogP contribution in [-0.2, 0) is 14.6 Å². The second kappa shape index (κ2) is 7.83. The molecule has 1 saturated carbocycles. The monoisotopic (exact) mass is 214 g/mol. The summed E-state index contributed by atoms with van der Waals surface area (Å²) >= 11 is 0. The maximum absolute atomic E-state index is 11.4. The Morgan fingerprint density at radius 2 is 2.13 bits per heavy atom. The van der Waals surface area contributed by atoms with E-state index in [1.165, 1.54) is 19.3 Å². The van der Waals surface area contributed by atoms with Crippen LogP contribution in [0.5, 0.6) is 0 Å². The predicted octanol–water partition coefficient (Wildman–Crippen LogP) is 3.03. The molecule has 3 nitrogen and oxygen atoms in total. The highest BCUT2D eigenvalue weighted by atomic mass is 17.2. The molecule has 1 aliphatic carbocycles. The van der Waals surface area contributed by atoms with Gasteiger partial charge >= 0.3 is 0 Å². The Kier molecular flexibility index (Phi) is 6.60. The van der Waals surface area contributed by atoms with Crippen molar-refractivity contribution in [3.8, 4) is 0 Å². The average molecular weight is 214 g/mol. The van der Waals surface area contributed by atoms with Crippen molar-refractivity contribution in [2.45, 2.75) is 64.4 Å². The summed E-state index contributed by atoms with van der Waals surface area (Å²) in [7, 11) is 0. The lowest BCUT2D eigenvalue weighted by Gasteiger charge is -2.19. The van der Waals surface area contributed by atoms with Crippen LogP contribution in [0.25, 0.3) is 0 Å². The lowest BCUT2D eigenvalue weighted by molar-refractivity contribution is -0.318. The van der Waals surface area contributed by atoms with E-state index in [-0.39, 0.29) is 11.9 Å². The Morgan fingerprint density at radius 1 is 1.27 bits per heavy atom. The molecule has 1 fully saturated rings. The largest absolute Gasteiger partial charge is 0.297 e. The molecule has 1 atom stereocenters. The molecule has 1 aliphatic rings. The standard InChI is InChI=1S/C12H22O3/c1-2-3-4-7-10-14-15-12-9-6-5-8-11(12)13/h12H,2-10H2,1H3. The van der Waals surface area contributed by atoms with Gasteiger partial charge in [-0.2, -0.15) is 0 Å². The van der Waals surface area contributed by atoms with Gasteiger partial charge in [0, 0.05) is 6.42 Å². The Bertz CT molecular complexity index is 180.